The van der Waals surface area contributed by atoms with E-state index in [4.69, 9.17) is 17.0 Å². The van der Waals surface area contributed by atoms with E-state index in [1.807, 2.05) is 4.90 Å². The average molecular weight is 285 g/mol. The summed E-state index contributed by atoms with van der Waals surface area (Å²) in [5.41, 5.74) is 0. The quantitative estimate of drug-likeness (QED) is 0.554. The zero-order chi connectivity index (χ0) is 13.5. The van der Waals surface area contributed by atoms with Crippen LogP contribution in [0.2, 0.25) is 0 Å². The zero-order valence-electron chi connectivity index (χ0n) is 11.3. The van der Waals surface area contributed by atoms with Gasteiger partial charge in [0.25, 0.3) is 0 Å². The van der Waals surface area contributed by atoms with Gasteiger partial charge in [0, 0.05) is 39.2 Å². The predicted molar refractivity (Wildman–Crippen MR) is 78.0 cm³/mol. The fourth-order valence-corrected chi connectivity index (χ4v) is 2.67. The first-order chi connectivity index (χ1) is 9.25. The summed E-state index contributed by atoms with van der Waals surface area (Å²) in [5.74, 6) is 0.291. The van der Waals surface area contributed by atoms with Crippen LogP contribution in [0, 0.1) is 0 Å². The highest BCUT2D eigenvalue weighted by Crippen LogP contribution is 2.10. The van der Waals surface area contributed by atoms with Crippen molar-refractivity contribution in [1.29, 1.82) is 0 Å². The number of rotatable bonds is 6. The number of carbonyl (C=O) groups is 1. The van der Waals surface area contributed by atoms with E-state index in [1.165, 1.54) is 0 Å². The molecule has 0 aromatic rings. The van der Waals surface area contributed by atoms with E-state index < -0.39 is 0 Å². The van der Waals surface area contributed by atoms with E-state index in [1.54, 1.807) is 0 Å². The Morgan fingerprint density at radius 1 is 1.42 bits per heavy atom. The van der Waals surface area contributed by atoms with Crippen molar-refractivity contribution in [3.8, 4) is 0 Å². The van der Waals surface area contributed by atoms with Gasteiger partial charge < -0.3 is 20.3 Å². The Hall–Kier alpha value is -0.880. The Morgan fingerprint density at radius 3 is 3.00 bits per heavy atom. The normalized spacial score (nSPS) is 22.8. The second-order valence-corrected chi connectivity index (χ2v) is 5.52. The molecule has 2 aliphatic heterocycles. The Balaban J connectivity index is 1.48. The van der Waals surface area contributed by atoms with E-state index in [0.717, 1.165) is 64.9 Å². The van der Waals surface area contributed by atoms with Crippen LogP contribution in [-0.2, 0) is 9.53 Å². The van der Waals surface area contributed by atoms with Crippen molar-refractivity contribution < 1.29 is 9.53 Å². The lowest BCUT2D eigenvalue weighted by atomic mass is 10.2. The van der Waals surface area contributed by atoms with Gasteiger partial charge in [0.05, 0.1) is 6.10 Å². The molecule has 1 atom stereocenters. The lowest BCUT2D eigenvalue weighted by Crippen LogP contribution is -2.40. The standard InChI is InChI=1S/C13H23N3O2S/c17-12-5-1-7-16(12)8-3-6-14-13(19)15-10-11-4-2-9-18-11/h11H,1-10H2,(H2,14,15,19)/t11-/m1/s1. The van der Waals surface area contributed by atoms with E-state index in [2.05, 4.69) is 10.6 Å². The van der Waals surface area contributed by atoms with Crippen LogP contribution in [0.4, 0.5) is 0 Å². The molecule has 5 nitrogen and oxygen atoms in total. The van der Waals surface area contributed by atoms with Crippen LogP contribution in [0.1, 0.15) is 32.1 Å². The summed E-state index contributed by atoms with van der Waals surface area (Å²) in [7, 11) is 0. The van der Waals surface area contributed by atoms with Gasteiger partial charge in [-0.25, -0.2) is 0 Å². The van der Waals surface area contributed by atoms with Gasteiger partial charge in [0.15, 0.2) is 5.11 Å². The molecule has 2 N–H and O–H groups in total. The van der Waals surface area contributed by atoms with Crippen LogP contribution in [0.3, 0.4) is 0 Å². The van der Waals surface area contributed by atoms with Crippen molar-refractivity contribution in [3.63, 3.8) is 0 Å². The minimum absolute atomic E-state index is 0.291. The maximum atomic E-state index is 11.4. The highest BCUT2D eigenvalue weighted by molar-refractivity contribution is 7.80. The number of amides is 1. The first-order valence-electron chi connectivity index (χ1n) is 7.17. The molecule has 0 spiro atoms. The number of ether oxygens (including phenoxy) is 1. The smallest absolute Gasteiger partial charge is 0.222 e. The molecule has 0 saturated carbocycles. The van der Waals surface area contributed by atoms with Crippen molar-refractivity contribution in [2.24, 2.45) is 0 Å². The van der Waals surface area contributed by atoms with Gasteiger partial charge in [-0.3, -0.25) is 4.79 Å². The Bertz CT molecular complexity index is 319. The van der Waals surface area contributed by atoms with Crippen LogP contribution < -0.4 is 10.6 Å². The number of likely N-dealkylation sites (tertiary alicyclic amines) is 1. The van der Waals surface area contributed by atoms with Crippen molar-refractivity contribution in [2.45, 2.75) is 38.2 Å². The summed E-state index contributed by atoms with van der Waals surface area (Å²) in [6.07, 6.45) is 5.24. The summed E-state index contributed by atoms with van der Waals surface area (Å²) in [6, 6.07) is 0. The summed E-state index contributed by atoms with van der Waals surface area (Å²) in [5, 5.41) is 7.03. The van der Waals surface area contributed by atoms with Crippen molar-refractivity contribution in [3.05, 3.63) is 0 Å². The monoisotopic (exact) mass is 285 g/mol. The molecule has 2 aliphatic rings. The number of hydrogen-bond donors (Lipinski definition) is 2. The lowest BCUT2D eigenvalue weighted by Gasteiger charge is -2.17. The van der Waals surface area contributed by atoms with Crippen LogP contribution in [-0.4, -0.2) is 54.8 Å². The molecule has 2 fully saturated rings. The van der Waals surface area contributed by atoms with Gasteiger partial charge in [-0.05, 0) is 37.9 Å². The highest BCUT2D eigenvalue weighted by Gasteiger charge is 2.19. The van der Waals surface area contributed by atoms with Gasteiger partial charge in [-0.15, -0.1) is 0 Å². The van der Waals surface area contributed by atoms with E-state index >= 15 is 0 Å². The Labute approximate surface area is 120 Å². The number of hydrogen-bond acceptors (Lipinski definition) is 3. The molecule has 0 bridgehead atoms. The molecule has 0 aromatic heterocycles. The van der Waals surface area contributed by atoms with Gasteiger partial charge in [0.1, 0.15) is 0 Å². The van der Waals surface area contributed by atoms with Crippen LogP contribution in [0.15, 0.2) is 0 Å². The third kappa shape index (κ3) is 4.95. The molecule has 2 heterocycles. The first-order valence-corrected chi connectivity index (χ1v) is 7.57. The van der Waals surface area contributed by atoms with Gasteiger partial charge in [0.2, 0.25) is 5.91 Å². The molecule has 0 unspecified atom stereocenters. The summed E-state index contributed by atoms with van der Waals surface area (Å²) in [4.78, 5) is 13.3. The molecular formula is C13H23N3O2S. The molecule has 2 saturated heterocycles. The topological polar surface area (TPSA) is 53.6 Å². The molecule has 2 rings (SSSR count). The number of thiocarbonyl (C=S) groups is 1. The first kappa shape index (κ1) is 14.5. The molecule has 0 radical (unpaired) electrons. The summed E-state index contributed by atoms with van der Waals surface area (Å²) in [6.45, 7) is 4.22. The van der Waals surface area contributed by atoms with Crippen LogP contribution >= 0.6 is 12.2 Å². The molecule has 19 heavy (non-hydrogen) atoms. The van der Waals surface area contributed by atoms with Gasteiger partial charge in [-0.1, -0.05) is 0 Å². The van der Waals surface area contributed by atoms with E-state index in [9.17, 15) is 4.79 Å². The predicted octanol–water partition coefficient (Wildman–Crippen LogP) is 0.642. The second-order valence-electron chi connectivity index (χ2n) is 5.11. The minimum atomic E-state index is 0.291. The van der Waals surface area contributed by atoms with E-state index in [-0.39, 0.29) is 0 Å². The minimum Gasteiger partial charge on any atom is -0.376 e. The summed E-state index contributed by atoms with van der Waals surface area (Å²) >= 11 is 5.20. The van der Waals surface area contributed by atoms with Gasteiger partial charge in [-0.2, -0.15) is 0 Å². The Kier molecular flexibility index (Phi) is 5.85. The maximum absolute atomic E-state index is 11.4. The van der Waals surface area contributed by atoms with Crippen LogP contribution in [0.25, 0.3) is 0 Å². The number of carbonyl (C=O) groups excluding carboxylic acids is 1. The maximum Gasteiger partial charge on any atom is 0.222 e. The lowest BCUT2D eigenvalue weighted by molar-refractivity contribution is -0.127. The van der Waals surface area contributed by atoms with Gasteiger partial charge >= 0.3 is 0 Å². The van der Waals surface area contributed by atoms with Crippen molar-refractivity contribution in [1.82, 2.24) is 15.5 Å². The second kappa shape index (κ2) is 7.65. The molecule has 0 aliphatic carbocycles. The van der Waals surface area contributed by atoms with E-state index in [0.29, 0.717) is 17.1 Å². The molecule has 6 heteroatoms. The third-order valence-electron chi connectivity index (χ3n) is 3.58. The number of nitrogens with zero attached hydrogens (tertiary/aromatic N) is 1. The largest absolute Gasteiger partial charge is 0.376 e. The third-order valence-corrected chi connectivity index (χ3v) is 3.86. The highest BCUT2D eigenvalue weighted by atomic mass is 32.1. The number of nitrogens with one attached hydrogen (secondary N) is 2. The zero-order valence-corrected chi connectivity index (χ0v) is 12.1. The summed E-state index contributed by atoms with van der Waals surface area (Å²) < 4.78 is 5.51. The fraction of sp³-hybridized carbons (Fsp3) is 0.846. The SMILES string of the molecule is O=C1CCCN1CCCNC(=S)NC[C@H]1CCCO1. The Morgan fingerprint density at radius 2 is 2.32 bits per heavy atom. The average Bonchev–Trinajstić information content (AvgIpc) is 3.04. The fourth-order valence-electron chi connectivity index (χ4n) is 2.49. The molecule has 108 valence electrons. The van der Waals surface area contributed by atoms with Crippen molar-refractivity contribution >= 4 is 23.2 Å². The van der Waals surface area contributed by atoms with Crippen molar-refractivity contribution in [2.75, 3.05) is 32.8 Å². The molecule has 0 aromatic carbocycles. The van der Waals surface area contributed by atoms with Crippen LogP contribution in [0.5, 0.6) is 0 Å². The molecular weight excluding hydrogens is 262 g/mol. The molecule has 1 amide bonds.